The zero-order valence-corrected chi connectivity index (χ0v) is 13.1. The molecule has 0 bridgehead atoms. The van der Waals surface area contributed by atoms with Crippen molar-refractivity contribution in [3.8, 4) is 0 Å². The first-order chi connectivity index (χ1) is 10.1. The Kier molecular flexibility index (Phi) is 5.23. The standard InChI is InChI=1S/C17H27N3O/c1-3-17(2)9-11-20(12-10-17)15(13-16(18)19-21)14-7-5-4-6-8-14/h4-8,15,21H,3,9-13H2,1-2H3,(H2,18,19). The van der Waals surface area contributed by atoms with Crippen LogP contribution in [0.3, 0.4) is 0 Å². The second-order valence-electron chi connectivity index (χ2n) is 6.42. The lowest BCUT2D eigenvalue weighted by Crippen LogP contribution is -2.41. The van der Waals surface area contributed by atoms with Crippen molar-refractivity contribution < 1.29 is 5.21 Å². The number of oxime groups is 1. The third-order valence-electron chi connectivity index (χ3n) is 5.01. The molecule has 0 radical (unpaired) electrons. The smallest absolute Gasteiger partial charge is 0.141 e. The van der Waals surface area contributed by atoms with Gasteiger partial charge in [0.05, 0.1) is 0 Å². The topological polar surface area (TPSA) is 61.8 Å². The summed E-state index contributed by atoms with van der Waals surface area (Å²) in [7, 11) is 0. The highest BCUT2D eigenvalue weighted by atomic mass is 16.4. The fourth-order valence-electron chi connectivity index (χ4n) is 3.10. The molecule has 1 heterocycles. The van der Waals surface area contributed by atoms with Gasteiger partial charge < -0.3 is 10.9 Å². The molecular weight excluding hydrogens is 262 g/mol. The van der Waals surface area contributed by atoms with Crippen LogP contribution in [0.25, 0.3) is 0 Å². The Morgan fingerprint density at radius 1 is 1.33 bits per heavy atom. The van der Waals surface area contributed by atoms with Crippen LogP contribution in [0.2, 0.25) is 0 Å². The molecule has 1 aliphatic heterocycles. The molecule has 1 fully saturated rings. The summed E-state index contributed by atoms with van der Waals surface area (Å²) in [6.45, 7) is 6.80. The number of likely N-dealkylation sites (tertiary alicyclic amines) is 1. The van der Waals surface area contributed by atoms with Crippen LogP contribution in [0.1, 0.15) is 51.1 Å². The fourth-order valence-corrected chi connectivity index (χ4v) is 3.10. The van der Waals surface area contributed by atoms with E-state index in [1.165, 1.54) is 24.8 Å². The number of benzene rings is 1. The van der Waals surface area contributed by atoms with Crippen molar-refractivity contribution in [3.05, 3.63) is 35.9 Å². The minimum absolute atomic E-state index is 0.198. The molecule has 1 aromatic carbocycles. The molecule has 0 aromatic heterocycles. The molecule has 4 nitrogen and oxygen atoms in total. The number of piperidine rings is 1. The first kappa shape index (κ1) is 15.8. The first-order valence-electron chi connectivity index (χ1n) is 7.83. The van der Waals surface area contributed by atoms with E-state index in [1.54, 1.807) is 0 Å². The molecule has 1 aromatic rings. The van der Waals surface area contributed by atoms with Crippen LogP contribution >= 0.6 is 0 Å². The van der Waals surface area contributed by atoms with Crippen LogP contribution in [-0.2, 0) is 0 Å². The molecule has 0 aliphatic carbocycles. The Morgan fingerprint density at radius 2 is 1.95 bits per heavy atom. The number of nitrogens with two attached hydrogens (primary N) is 1. The zero-order chi connectivity index (χ0) is 15.3. The molecule has 1 aliphatic rings. The van der Waals surface area contributed by atoms with E-state index in [-0.39, 0.29) is 6.04 Å². The molecule has 1 unspecified atom stereocenters. The maximum Gasteiger partial charge on any atom is 0.141 e. The molecule has 116 valence electrons. The quantitative estimate of drug-likeness (QED) is 0.378. The second kappa shape index (κ2) is 6.94. The van der Waals surface area contributed by atoms with Gasteiger partial charge in [-0.25, -0.2) is 0 Å². The molecule has 21 heavy (non-hydrogen) atoms. The van der Waals surface area contributed by atoms with Crippen molar-refractivity contribution in [2.24, 2.45) is 16.3 Å². The van der Waals surface area contributed by atoms with Gasteiger partial charge in [0.15, 0.2) is 0 Å². The van der Waals surface area contributed by atoms with Gasteiger partial charge in [-0.1, -0.05) is 55.8 Å². The predicted octanol–water partition coefficient (Wildman–Crippen LogP) is 3.38. The molecule has 2 rings (SSSR count). The van der Waals surface area contributed by atoms with Gasteiger partial charge in [-0.15, -0.1) is 0 Å². The fraction of sp³-hybridized carbons (Fsp3) is 0.588. The molecule has 1 saturated heterocycles. The van der Waals surface area contributed by atoms with Gasteiger partial charge in [0.2, 0.25) is 0 Å². The summed E-state index contributed by atoms with van der Waals surface area (Å²) in [4.78, 5) is 2.48. The monoisotopic (exact) mass is 289 g/mol. The van der Waals surface area contributed by atoms with Crippen molar-refractivity contribution in [2.45, 2.75) is 45.6 Å². The lowest BCUT2D eigenvalue weighted by Gasteiger charge is -2.42. The largest absolute Gasteiger partial charge is 0.409 e. The average Bonchev–Trinajstić information content (AvgIpc) is 2.54. The van der Waals surface area contributed by atoms with Crippen molar-refractivity contribution in [3.63, 3.8) is 0 Å². The number of hydrogen-bond acceptors (Lipinski definition) is 3. The summed E-state index contributed by atoms with van der Waals surface area (Å²) in [5.41, 5.74) is 7.48. The third-order valence-corrected chi connectivity index (χ3v) is 5.01. The van der Waals surface area contributed by atoms with E-state index in [1.807, 2.05) is 6.07 Å². The van der Waals surface area contributed by atoms with E-state index in [9.17, 15) is 0 Å². The van der Waals surface area contributed by atoms with Crippen molar-refractivity contribution >= 4 is 5.84 Å². The minimum Gasteiger partial charge on any atom is -0.409 e. The molecule has 4 heteroatoms. The van der Waals surface area contributed by atoms with Gasteiger partial charge in [-0.3, -0.25) is 4.90 Å². The van der Waals surface area contributed by atoms with Gasteiger partial charge in [0.1, 0.15) is 5.84 Å². The van der Waals surface area contributed by atoms with Crippen molar-refractivity contribution in [1.29, 1.82) is 0 Å². The summed E-state index contributed by atoms with van der Waals surface area (Å²) in [5, 5.41) is 12.1. The van der Waals surface area contributed by atoms with Crippen LogP contribution in [0.5, 0.6) is 0 Å². The number of rotatable bonds is 5. The highest BCUT2D eigenvalue weighted by Gasteiger charge is 2.32. The van der Waals surface area contributed by atoms with E-state index in [4.69, 9.17) is 10.9 Å². The Bertz CT molecular complexity index is 464. The highest BCUT2D eigenvalue weighted by molar-refractivity contribution is 5.80. The Labute approximate surface area is 127 Å². The number of hydrogen-bond donors (Lipinski definition) is 2. The molecule has 0 spiro atoms. The molecule has 1 atom stereocenters. The lowest BCUT2D eigenvalue weighted by atomic mass is 9.77. The zero-order valence-electron chi connectivity index (χ0n) is 13.1. The van der Waals surface area contributed by atoms with Crippen LogP contribution in [0, 0.1) is 5.41 Å². The Hall–Kier alpha value is -1.55. The summed E-state index contributed by atoms with van der Waals surface area (Å²) in [6, 6.07) is 10.6. The van der Waals surface area contributed by atoms with Gasteiger partial charge in [-0.05, 0) is 36.9 Å². The Balaban J connectivity index is 2.13. The Morgan fingerprint density at radius 3 is 2.48 bits per heavy atom. The molecule has 0 saturated carbocycles. The lowest BCUT2D eigenvalue weighted by molar-refractivity contribution is 0.0821. The van der Waals surface area contributed by atoms with E-state index >= 15 is 0 Å². The summed E-state index contributed by atoms with van der Waals surface area (Å²) >= 11 is 0. The molecular formula is C17H27N3O. The molecule has 0 amide bonds. The maximum absolute atomic E-state index is 8.89. The maximum atomic E-state index is 8.89. The van der Waals surface area contributed by atoms with E-state index in [0.717, 1.165) is 13.1 Å². The van der Waals surface area contributed by atoms with Crippen LogP contribution in [0.15, 0.2) is 35.5 Å². The summed E-state index contributed by atoms with van der Waals surface area (Å²) in [6.07, 6.45) is 4.23. The normalized spacial score (nSPS) is 21.1. The van der Waals surface area contributed by atoms with Crippen LogP contribution in [0.4, 0.5) is 0 Å². The average molecular weight is 289 g/mol. The third kappa shape index (κ3) is 3.97. The summed E-state index contributed by atoms with van der Waals surface area (Å²) in [5.74, 6) is 0.299. The minimum atomic E-state index is 0.198. The summed E-state index contributed by atoms with van der Waals surface area (Å²) < 4.78 is 0. The van der Waals surface area contributed by atoms with Crippen molar-refractivity contribution in [2.75, 3.05) is 13.1 Å². The SMILES string of the molecule is CCC1(C)CCN(C(CC(N)=NO)c2ccccc2)CC1. The number of amidine groups is 1. The molecule has 3 N–H and O–H groups in total. The van der Waals surface area contributed by atoms with Gasteiger partial charge in [0.25, 0.3) is 0 Å². The van der Waals surface area contributed by atoms with Crippen LogP contribution < -0.4 is 5.73 Å². The first-order valence-corrected chi connectivity index (χ1v) is 7.83. The van der Waals surface area contributed by atoms with E-state index in [0.29, 0.717) is 17.7 Å². The van der Waals surface area contributed by atoms with Crippen molar-refractivity contribution in [1.82, 2.24) is 4.90 Å². The second-order valence-corrected chi connectivity index (χ2v) is 6.42. The van der Waals surface area contributed by atoms with E-state index in [2.05, 4.69) is 48.2 Å². The predicted molar refractivity (Wildman–Crippen MR) is 86.4 cm³/mol. The van der Waals surface area contributed by atoms with Gasteiger partial charge >= 0.3 is 0 Å². The van der Waals surface area contributed by atoms with E-state index < -0.39 is 0 Å². The number of nitrogens with zero attached hydrogens (tertiary/aromatic N) is 2. The van der Waals surface area contributed by atoms with Gasteiger partial charge in [0, 0.05) is 12.5 Å². The van der Waals surface area contributed by atoms with Crippen LogP contribution in [-0.4, -0.2) is 29.0 Å². The van der Waals surface area contributed by atoms with Gasteiger partial charge in [-0.2, -0.15) is 0 Å². The highest BCUT2D eigenvalue weighted by Crippen LogP contribution is 2.37.